The number of nitrogens with one attached hydrogen (secondary N) is 2. The Bertz CT molecular complexity index is 594. The summed E-state index contributed by atoms with van der Waals surface area (Å²) in [6.07, 6.45) is 35.4. The monoisotopic (exact) mass is 607 g/mol. The molecule has 0 aromatic carbocycles. The van der Waals surface area contributed by atoms with Gasteiger partial charge in [-0.3, -0.25) is 4.79 Å². The average molecular weight is 607 g/mol. The topological polar surface area (TPSA) is 61.4 Å². The van der Waals surface area contributed by atoms with Crippen molar-refractivity contribution >= 4 is 5.91 Å². The van der Waals surface area contributed by atoms with Crippen molar-refractivity contribution in [2.24, 2.45) is 11.8 Å². The van der Waals surface area contributed by atoms with Crippen molar-refractivity contribution in [3.05, 3.63) is 12.2 Å². The summed E-state index contributed by atoms with van der Waals surface area (Å²) >= 11 is 0. The zero-order valence-electron chi connectivity index (χ0n) is 29.7. The van der Waals surface area contributed by atoms with Crippen LogP contribution in [0.1, 0.15) is 195 Å². The quantitative estimate of drug-likeness (QED) is 0.0504. The molecule has 0 aliphatic carbocycles. The number of carbonyl (C=O) groups excluding carboxylic acids is 1. The van der Waals surface area contributed by atoms with Gasteiger partial charge in [-0.25, -0.2) is 0 Å². The fourth-order valence-corrected chi connectivity index (χ4v) is 6.22. The highest BCUT2D eigenvalue weighted by Gasteiger charge is 2.17. The number of allylic oxidation sites excluding steroid dienone is 1. The third kappa shape index (κ3) is 29.6. The molecular formula is C39H78N2O2. The van der Waals surface area contributed by atoms with E-state index in [1.54, 1.807) is 0 Å². The third-order valence-electron chi connectivity index (χ3n) is 9.14. The zero-order valence-corrected chi connectivity index (χ0v) is 29.7. The lowest BCUT2D eigenvalue weighted by Gasteiger charge is -2.19. The number of aliphatic hydroxyl groups is 1. The van der Waals surface area contributed by atoms with Crippen LogP contribution in [-0.2, 0) is 4.79 Å². The molecule has 0 saturated carbocycles. The number of hydrogen-bond acceptors (Lipinski definition) is 3. The molecule has 0 saturated heterocycles. The highest BCUT2D eigenvalue weighted by molar-refractivity contribution is 5.78. The molecule has 43 heavy (non-hydrogen) atoms. The Morgan fingerprint density at radius 1 is 0.558 bits per heavy atom. The van der Waals surface area contributed by atoms with E-state index in [0.717, 1.165) is 76.9 Å². The molecule has 0 spiro atoms. The molecular weight excluding hydrogens is 528 g/mol. The molecule has 4 nitrogen and oxygen atoms in total. The predicted octanol–water partition coefficient (Wildman–Crippen LogP) is 11.1. The van der Waals surface area contributed by atoms with E-state index < -0.39 is 0 Å². The summed E-state index contributed by atoms with van der Waals surface area (Å²) in [7, 11) is 0. The Labute approximate surface area is 270 Å². The molecule has 0 radical (unpaired) electrons. The number of unbranched alkanes of at least 4 members (excludes halogenated alkanes) is 13. The van der Waals surface area contributed by atoms with Gasteiger partial charge in [-0.15, -0.1) is 0 Å². The van der Waals surface area contributed by atoms with E-state index in [-0.39, 0.29) is 12.0 Å². The van der Waals surface area contributed by atoms with Gasteiger partial charge in [0.15, 0.2) is 0 Å². The number of aliphatic hydroxyl groups excluding tert-OH is 1. The molecule has 3 N–H and O–H groups in total. The first-order valence-electron chi connectivity index (χ1n) is 19.4. The Kier molecular flexibility index (Phi) is 33.3. The maximum atomic E-state index is 13.1. The van der Waals surface area contributed by atoms with Crippen LogP contribution in [0.3, 0.4) is 0 Å². The minimum Gasteiger partial charge on any atom is -0.393 e. The van der Waals surface area contributed by atoms with E-state index in [1.807, 2.05) is 0 Å². The van der Waals surface area contributed by atoms with Crippen molar-refractivity contribution in [2.75, 3.05) is 19.6 Å². The van der Waals surface area contributed by atoms with Gasteiger partial charge < -0.3 is 15.7 Å². The van der Waals surface area contributed by atoms with Gasteiger partial charge in [0.2, 0.25) is 5.91 Å². The van der Waals surface area contributed by atoms with Crippen molar-refractivity contribution in [1.29, 1.82) is 0 Å². The largest absolute Gasteiger partial charge is 0.393 e. The van der Waals surface area contributed by atoms with Crippen molar-refractivity contribution in [3.8, 4) is 0 Å². The van der Waals surface area contributed by atoms with Gasteiger partial charge in [-0.1, -0.05) is 143 Å². The highest BCUT2D eigenvalue weighted by atomic mass is 16.3. The van der Waals surface area contributed by atoms with Crippen LogP contribution < -0.4 is 10.6 Å². The predicted molar refractivity (Wildman–Crippen MR) is 191 cm³/mol. The molecule has 0 fully saturated rings. The van der Waals surface area contributed by atoms with E-state index in [2.05, 4.69) is 50.5 Å². The summed E-state index contributed by atoms with van der Waals surface area (Å²) in [5.74, 6) is 1.29. The standard InChI is InChI=1S/C39H78N2O2/c1-5-9-12-20-28-37(29-21-18-16-15-17-19-23-31-38(42)30-22-13-10-6-2)39(43)41-34-25-27-36(26-8-4)32-35-40-33-24-14-11-7-3/h19,23,36-38,40,42H,5-18,20-22,24-35H2,1-4H3,(H,41,43)/t36?,37?,38-/m1/s1. The first-order valence-corrected chi connectivity index (χ1v) is 19.4. The van der Waals surface area contributed by atoms with Crippen molar-refractivity contribution in [1.82, 2.24) is 10.6 Å². The van der Waals surface area contributed by atoms with Crippen LogP contribution in [0, 0.1) is 11.8 Å². The lowest BCUT2D eigenvalue weighted by atomic mass is 9.93. The fourth-order valence-electron chi connectivity index (χ4n) is 6.22. The van der Waals surface area contributed by atoms with E-state index in [9.17, 15) is 9.90 Å². The number of carbonyl (C=O) groups is 1. The molecule has 2 unspecified atom stereocenters. The van der Waals surface area contributed by atoms with Gasteiger partial charge in [-0.05, 0) is 83.2 Å². The Morgan fingerprint density at radius 2 is 1.16 bits per heavy atom. The second-order valence-corrected chi connectivity index (χ2v) is 13.4. The summed E-state index contributed by atoms with van der Waals surface area (Å²) in [5.41, 5.74) is 0. The molecule has 4 heteroatoms. The molecule has 0 heterocycles. The third-order valence-corrected chi connectivity index (χ3v) is 9.14. The second-order valence-electron chi connectivity index (χ2n) is 13.4. The minimum absolute atomic E-state index is 0.168. The molecule has 0 aliphatic rings. The number of hydrogen-bond donors (Lipinski definition) is 3. The van der Waals surface area contributed by atoms with Crippen LogP contribution in [0.4, 0.5) is 0 Å². The van der Waals surface area contributed by atoms with Crippen molar-refractivity contribution in [2.45, 2.75) is 201 Å². The molecule has 0 aromatic rings. The van der Waals surface area contributed by atoms with Crippen molar-refractivity contribution in [3.63, 3.8) is 0 Å². The van der Waals surface area contributed by atoms with Gasteiger partial charge in [0.05, 0.1) is 6.10 Å². The van der Waals surface area contributed by atoms with Crippen LogP contribution in [0.5, 0.6) is 0 Å². The van der Waals surface area contributed by atoms with E-state index in [0.29, 0.717) is 5.91 Å². The van der Waals surface area contributed by atoms with Gasteiger partial charge in [0, 0.05) is 12.5 Å². The van der Waals surface area contributed by atoms with Crippen LogP contribution in [0.15, 0.2) is 12.2 Å². The average Bonchev–Trinajstić information content (AvgIpc) is 3.00. The van der Waals surface area contributed by atoms with Gasteiger partial charge in [0.25, 0.3) is 0 Å². The fraction of sp³-hybridized carbons (Fsp3) is 0.923. The van der Waals surface area contributed by atoms with Crippen LogP contribution in [0.2, 0.25) is 0 Å². The van der Waals surface area contributed by atoms with Crippen LogP contribution >= 0.6 is 0 Å². The number of amides is 1. The Balaban J connectivity index is 4.21. The van der Waals surface area contributed by atoms with E-state index in [1.165, 1.54) is 116 Å². The second kappa shape index (κ2) is 34.0. The normalized spacial score (nSPS) is 13.9. The summed E-state index contributed by atoms with van der Waals surface area (Å²) in [6, 6.07) is 0. The molecule has 256 valence electrons. The van der Waals surface area contributed by atoms with E-state index in [4.69, 9.17) is 0 Å². The smallest absolute Gasteiger partial charge is 0.223 e. The summed E-state index contributed by atoms with van der Waals surface area (Å²) in [5, 5.41) is 17.1. The molecule has 1 amide bonds. The van der Waals surface area contributed by atoms with Crippen molar-refractivity contribution < 1.29 is 9.90 Å². The first-order chi connectivity index (χ1) is 21.1. The molecule has 3 atom stereocenters. The SMILES string of the molecule is CCCCCCNCCC(CCC)CCCNC(=O)C(CCCCCC)CCCCCCC=CC[C@H](O)CCCCCC. The number of rotatable bonds is 34. The minimum atomic E-state index is -0.168. The lowest BCUT2D eigenvalue weighted by molar-refractivity contribution is -0.125. The first kappa shape index (κ1) is 42.1. The van der Waals surface area contributed by atoms with Gasteiger partial charge >= 0.3 is 0 Å². The molecule has 0 aliphatic heterocycles. The molecule has 0 rings (SSSR count). The molecule has 0 aromatic heterocycles. The van der Waals surface area contributed by atoms with Gasteiger partial charge in [0.1, 0.15) is 0 Å². The maximum Gasteiger partial charge on any atom is 0.223 e. The maximum absolute atomic E-state index is 13.1. The summed E-state index contributed by atoms with van der Waals surface area (Å²) in [6.45, 7) is 12.2. The Hall–Kier alpha value is -0.870. The summed E-state index contributed by atoms with van der Waals surface area (Å²) < 4.78 is 0. The van der Waals surface area contributed by atoms with Crippen LogP contribution in [0.25, 0.3) is 0 Å². The molecule has 0 bridgehead atoms. The lowest BCUT2D eigenvalue weighted by Crippen LogP contribution is -2.32. The highest BCUT2D eigenvalue weighted by Crippen LogP contribution is 2.20. The van der Waals surface area contributed by atoms with Gasteiger partial charge in [-0.2, -0.15) is 0 Å². The van der Waals surface area contributed by atoms with Crippen LogP contribution in [-0.4, -0.2) is 36.8 Å². The zero-order chi connectivity index (χ0) is 31.6. The Morgan fingerprint density at radius 3 is 1.81 bits per heavy atom. The summed E-state index contributed by atoms with van der Waals surface area (Å²) in [4.78, 5) is 13.1. The van der Waals surface area contributed by atoms with E-state index >= 15 is 0 Å².